The average molecular weight is 276 g/mol. The van der Waals surface area contributed by atoms with E-state index in [-0.39, 0.29) is 11.3 Å². The lowest BCUT2D eigenvalue weighted by Crippen LogP contribution is -2.13. The van der Waals surface area contributed by atoms with Crippen molar-refractivity contribution in [1.29, 1.82) is 5.26 Å². The highest BCUT2D eigenvalue weighted by Gasteiger charge is 2.15. The van der Waals surface area contributed by atoms with Crippen LogP contribution in [-0.4, -0.2) is 13.0 Å². The number of amides is 1. The van der Waals surface area contributed by atoms with E-state index in [2.05, 4.69) is 5.32 Å². The van der Waals surface area contributed by atoms with Crippen molar-refractivity contribution in [3.05, 3.63) is 46.6 Å². The fourth-order valence-corrected chi connectivity index (χ4v) is 2.25. The van der Waals surface area contributed by atoms with Crippen LogP contribution in [0.1, 0.15) is 15.9 Å². The van der Waals surface area contributed by atoms with Crippen molar-refractivity contribution >= 4 is 22.2 Å². The molecule has 0 fully saturated rings. The van der Waals surface area contributed by atoms with Gasteiger partial charge in [-0.1, -0.05) is 0 Å². The Bertz CT molecular complexity index is 661. The molecule has 0 spiro atoms. The summed E-state index contributed by atoms with van der Waals surface area (Å²) < 4.78 is 18.2. The summed E-state index contributed by atoms with van der Waals surface area (Å²) in [6.45, 7) is 0. The molecule has 1 aromatic carbocycles. The number of benzene rings is 1. The van der Waals surface area contributed by atoms with Crippen LogP contribution in [0.2, 0.25) is 0 Å². The molecule has 0 saturated carbocycles. The summed E-state index contributed by atoms with van der Waals surface area (Å²) in [5.74, 6) is -0.776. The third-order valence-electron chi connectivity index (χ3n) is 2.42. The average Bonchev–Trinajstić information content (AvgIpc) is 2.85. The molecule has 96 valence electrons. The van der Waals surface area contributed by atoms with Gasteiger partial charge < -0.3 is 10.1 Å². The molecular formula is C13H9FN2O2S. The van der Waals surface area contributed by atoms with Crippen molar-refractivity contribution in [1.82, 2.24) is 0 Å². The number of nitrogens with zero attached hydrogens (tertiary/aromatic N) is 1. The number of carbonyl (C=O) groups is 1. The minimum atomic E-state index is -0.530. The molecule has 1 N–H and O–H groups in total. The van der Waals surface area contributed by atoms with Gasteiger partial charge in [0.15, 0.2) is 0 Å². The van der Waals surface area contributed by atoms with E-state index in [4.69, 9.17) is 10.00 Å². The van der Waals surface area contributed by atoms with E-state index in [0.29, 0.717) is 10.6 Å². The number of ether oxygens (including phenoxy) is 1. The lowest BCUT2D eigenvalue weighted by atomic mass is 10.2. The molecule has 0 radical (unpaired) electrons. The first-order valence-corrected chi connectivity index (χ1v) is 6.16. The van der Waals surface area contributed by atoms with Crippen LogP contribution in [0, 0.1) is 17.1 Å². The topological polar surface area (TPSA) is 62.1 Å². The van der Waals surface area contributed by atoms with E-state index in [1.807, 2.05) is 6.07 Å². The van der Waals surface area contributed by atoms with E-state index in [0.717, 1.165) is 6.07 Å². The fourth-order valence-electron chi connectivity index (χ4n) is 1.52. The molecule has 0 aliphatic heterocycles. The molecule has 0 aliphatic rings. The van der Waals surface area contributed by atoms with E-state index in [9.17, 15) is 9.18 Å². The number of nitriles is 1. The number of halogens is 1. The Morgan fingerprint density at radius 3 is 2.95 bits per heavy atom. The molecule has 1 heterocycles. The molecule has 2 aromatic rings. The minimum Gasteiger partial charge on any atom is -0.496 e. The molecule has 0 bridgehead atoms. The maximum Gasteiger partial charge on any atom is 0.260 e. The number of hydrogen-bond acceptors (Lipinski definition) is 4. The van der Waals surface area contributed by atoms with Crippen LogP contribution in [-0.2, 0) is 0 Å². The van der Waals surface area contributed by atoms with Gasteiger partial charge in [0.25, 0.3) is 5.91 Å². The number of anilines is 1. The number of rotatable bonds is 3. The van der Waals surface area contributed by atoms with Crippen LogP contribution in [0.5, 0.6) is 5.75 Å². The van der Waals surface area contributed by atoms with Gasteiger partial charge in [-0.05, 0) is 29.6 Å². The summed E-state index contributed by atoms with van der Waals surface area (Å²) in [6, 6.07) is 7.24. The minimum absolute atomic E-state index is 0.0831. The number of carbonyl (C=O) groups excluding carboxylic acids is 1. The van der Waals surface area contributed by atoms with Crippen LogP contribution in [0.15, 0.2) is 29.6 Å². The predicted octanol–water partition coefficient (Wildman–Crippen LogP) is 3.02. The van der Waals surface area contributed by atoms with Gasteiger partial charge in [-0.3, -0.25) is 4.79 Å². The van der Waals surface area contributed by atoms with Gasteiger partial charge in [0.05, 0.1) is 18.2 Å². The van der Waals surface area contributed by atoms with Crippen LogP contribution >= 0.6 is 11.3 Å². The van der Waals surface area contributed by atoms with Crippen LogP contribution in [0.3, 0.4) is 0 Å². The molecule has 1 aromatic heterocycles. The second kappa shape index (κ2) is 5.50. The maximum absolute atomic E-state index is 13.2. The van der Waals surface area contributed by atoms with Gasteiger partial charge in [-0.15, -0.1) is 11.3 Å². The predicted molar refractivity (Wildman–Crippen MR) is 69.9 cm³/mol. The zero-order valence-electron chi connectivity index (χ0n) is 9.94. The highest BCUT2D eigenvalue weighted by molar-refractivity contribution is 7.14. The molecule has 19 heavy (non-hydrogen) atoms. The highest BCUT2D eigenvalue weighted by atomic mass is 32.1. The molecule has 4 nitrogen and oxygen atoms in total. The normalized spacial score (nSPS) is 9.74. The smallest absolute Gasteiger partial charge is 0.260 e. The second-order valence-corrected chi connectivity index (χ2v) is 4.49. The second-order valence-electron chi connectivity index (χ2n) is 3.57. The van der Waals surface area contributed by atoms with Gasteiger partial charge in [-0.2, -0.15) is 5.26 Å². The van der Waals surface area contributed by atoms with Crippen LogP contribution < -0.4 is 10.1 Å². The van der Waals surface area contributed by atoms with Crippen molar-refractivity contribution < 1.29 is 13.9 Å². The number of hydrogen-bond donors (Lipinski definition) is 1. The molecule has 1 amide bonds. The van der Waals surface area contributed by atoms with E-state index in [1.165, 1.54) is 30.6 Å². The van der Waals surface area contributed by atoms with Gasteiger partial charge in [0.2, 0.25) is 0 Å². The summed E-state index contributed by atoms with van der Waals surface area (Å²) in [7, 11) is 1.40. The molecule has 6 heteroatoms. The van der Waals surface area contributed by atoms with Crippen molar-refractivity contribution in [2.24, 2.45) is 0 Å². The Morgan fingerprint density at radius 2 is 2.26 bits per heavy atom. The lowest BCUT2D eigenvalue weighted by Gasteiger charge is -2.08. The van der Waals surface area contributed by atoms with Gasteiger partial charge >= 0.3 is 0 Å². The summed E-state index contributed by atoms with van der Waals surface area (Å²) in [5.41, 5.74) is 0.452. The Morgan fingerprint density at radius 1 is 1.47 bits per heavy atom. The number of nitrogens with one attached hydrogen (secondary N) is 1. The van der Waals surface area contributed by atoms with Crippen molar-refractivity contribution in [2.45, 2.75) is 0 Å². The number of thiophene rings is 1. The van der Waals surface area contributed by atoms with Gasteiger partial charge in [0, 0.05) is 0 Å². The zero-order valence-corrected chi connectivity index (χ0v) is 10.8. The third-order valence-corrected chi connectivity index (χ3v) is 3.25. The highest BCUT2D eigenvalue weighted by Crippen LogP contribution is 2.25. The van der Waals surface area contributed by atoms with E-state index >= 15 is 0 Å². The zero-order chi connectivity index (χ0) is 13.8. The molecule has 0 atom stereocenters. The first kappa shape index (κ1) is 13.1. The van der Waals surface area contributed by atoms with Crippen molar-refractivity contribution in [3.63, 3.8) is 0 Å². The fraction of sp³-hybridized carbons (Fsp3) is 0.0769. The summed E-state index contributed by atoms with van der Waals surface area (Å²) in [6.07, 6.45) is 0. The standard InChI is InChI=1S/C13H9FN2O2S/c1-18-11-3-2-9(14)6-10(11)12(17)16-13-8(7-15)4-5-19-13/h2-6H,1H3,(H,16,17). The molecule has 2 rings (SSSR count). The molecule has 0 unspecified atom stereocenters. The van der Waals surface area contributed by atoms with Crippen molar-refractivity contribution in [3.8, 4) is 11.8 Å². The van der Waals surface area contributed by atoms with Gasteiger partial charge in [0.1, 0.15) is 22.6 Å². The first-order chi connectivity index (χ1) is 9.15. The Labute approximate surface area is 113 Å². The third kappa shape index (κ3) is 2.72. The molecule has 0 aliphatic carbocycles. The quantitative estimate of drug-likeness (QED) is 0.937. The Balaban J connectivity index is 2.30. The van der Waals surface area contributed by atoms with E-state index in [1.54, 1.807) is 11.4 Å². The SMILES string of the molecule is COc1ccc(F)cc1C(=O)Nc1sccc1C#N. The number of methoxy groups -OCH3 is 1. The van der Waals surface area contributed by atoms with Crippen molar-refractivity contribution in [2.75, 3.05) is 12.4 Å². The van der Waals surface area contributed by atoms with Crippen LogP contribution in [0.4, 0.5) is 9.39 Å². The summed E-state index contributed by atoms with van der Waals surface area (Å²) >= 11 is 1.23. The largest absolute Gasteiger partial charge is 0.496 e. The van der Waals surface area contributed by atoms with Crippen LogP contribution in [0.25, 0.3) is 0 Å². The molecule has 0 saturated heterocycles. The first-order valence-electron chi connectivity index (χ1n) is 5.28. The Kier molecular flexibility index (Phi) is 3.78. The lowest BCUT2D eigenvalue weighted by molar-refractivity contribution is 0.102. The summed E-state index contributed by atoms with van der Waals surface area (Å²) in [5, 5.41) is 13.5. The van der Waals surface area contributed by atoms with E-state index < -0.39 is 11.7 Å². The summed E-state index contributed by atoms with van der Waals surface area (Å²) in [4.78, 5) is 12.1. The van der Waals surface area contributed by atoms with Gasteiger partial charge in [-0.25, -0.2) is 4.39 Å². The maximum atomic E-state index is 13.2. The molecular weight excluding hydrogens is 267 g/mol. The Hall–Kier alpha value is -2.39. The monoisotopic (exact) mass is 276 g/mol.